The summed E-state index contributed by atoms with van der Waals surface area (Å²) in [5, 5.41) is 12.5. The van der Waals surface area contributed by atoms with Crippen molar-refractivity contribution in [1.82, 2.24) is 14.8 Å². The van der Waals surface area contributed by atoms with Crippen molar-refractivity contribution in [3.63, 3.8) is 0 Å². The molecule has 4 rings (SSSR count). The molecule has 1 unspecified atom stereocenters. The number of nitrogens with zero attached hydrogens (tertiary/aromatic N) is 4. The quantitative estimate of drug-likeness (QED) is 0.633. The van der Waals surface area contributed by atoms with Gasteiger partial charge in [0.15, 0.2) is 21.3 Å². The third kappa shape index (κ3) is 4.85. The number of para-hydroxylation sites is 1. The fraction of sp³-hybridized carbons (Fsp3) is 0.429. The minimum atomic E-state index is -3.19. The number of rotatable bonds is 7. The van der Waals surface area contributed by atoms with E-state index < -0.39 is 21.8 Å². The second-order valence-electron chi connectivity index (χ2n) is 7.82. The summed E-state index contributed by atoms with van der Waals surface area (Å²) in [6.45, 7) is 0.319. The van der Waals surface area contributed by atoms with Gasteiger partial charge in [-0.2, -0.15) is 10.2 Å². The van der Waals surface area contributed by atoms with Gasteiger partial charge in [-0.05, 0) is 12.5 Å². The predicted octanol–water partition coefficient (Wildman–Crippen LogP) is 1.05. The standard InChI is InChI=1S/C21H25N5O6S/c1-31-17-5-3-4-14(20(17)32-2)12-25-18(8-10-22-25)23-21(28)16-6-7-19(27)26(24-16)15-9-11-33(29,30)13-15/h3-5,8,10,15H,6-7,9,11-13H2,1-2H3,(H,23,28). The molecular weight excluding hydrogens is 450 g/mol. The number of amides is 2. The third-order valence-electron chi connectivity index (χ3n) is 5.64. The minimum absolute atomic E-state index is 0.0193. The van der Waals surface area contributed by atoms with Gasteiger partial charge in [0.1, 0.15) is 11.5 Å². The Labute approximate surface area is 191 Å². The number of sulfone groups is 1. The number of methoxy groups -OCH3 is 2. The van der Waals surface area contributed by atoms with E-state index in [4.69, 9.17) is 9.47 Å². The van der Waals surface area contributed by atoms with Crippen molar-refractivity contribution in [3.8, 4) is 11.5 Å². The maximum Gasteiger partial charge on any atom is 0.273 e. The Hall–Kier alpha value is -3.41. The molecule has 1 aromatic heterocycles. The van der Waals surface area contributed by atoms with Crippen LogP contribution in [-0.4, -0.2) is 72.5 Å². The number of benzene rings is 1. The van der Waals surface area contributed by atoms with E-state index in [0.717, 1.165) is 5.56 Å². The van der Waals surface area contributed by atoms with Crippen LogP contribution in [0.3, 0.4) is 0 Å². The number of anilines is 1. The van der Waals surface area contributed by atoms with Crippen LogP contribution in [0.5, 0.6) is 11.5 Å². The molecule has 2 aliphatic heterocycles. The van der Waals surface area contributed by atoms with Crippen LogP contribution < -0.4 is 14.8 Å². The zero-order valence-corrected chi connectivity index (χ0v) is 19.2. The summed E-state index contributed by atoms with van der Waals surface area (Å²) in [6.07, 6.45) is 2.16. The fourth-order valence-electron chi connectivity index (χ4n) is 3.98. The molecule has 12 heteroatoms. The third-order valence-corrected chi connectivity index (χ3v) is 7.39. The van der Waals surface area contributed by atoms with Gasteiger partial charge in [-0.15, -0.1) is 0 Å². The number of carbonyl (C=O) groups is 2. The second kappa shape index (κ2) is 9.22. The minimum Gasteiger partial charge on any atom is -0.493 e. The van der Waals surface area contributed by atoms with Gasteiger partial charge in [0, 0.05) is 24.5 Å². The molecule has 0 bridgehead atoms. The molecule has 1 aromatic carbocycles. The first-order chi connectivity index (χ1) is 15.8. The van der Waals surface area contributed by atoms with Crippen molar-refractivity contribution >= 4 is 33.2 Å². The van der Waals surface area contributed by atoms with E-state index in [1.54, 1.807) is 37.2 Å². The lowest BCUT2D eigenvalue weighted by atomic mass is 10.1. The molecule has 2 aromatic rings. The van der Waals surface area contributed by atoms with Crippen LogP contribution >= 0.6 is 0 Å². The summed E-state index contributed by atoms with van der Waals surface area (Å²) in [5.74, 6) is 0.751. The van der Waals surface area contributed by atoms with Crippen molar-refractivity contribution in [2.75, 3.05) is 31.0 Å². The number of hydrogen-bond acceptors (Lipinski definition) is 8. The van der Waals surface area contributed by atoms with Crippen LogP contribution in [-0.2, 0) is 26.0 Å². The molecule has 11 nitrogen and oxygen atoms in total. The molecule has 1 N–H and O–H groups in total. The van der Waals surface area contributed by atoms with Crippen LogP contribution in [0.2, 0.25) is 0 Å². The van der Waals surface area contributed by atoms with E-state index >= 15 is 0 Å². The lowest BCUT2D eigenvalue weighted by Crippen LogP contribution is -2.42. The highest BCUT2D eigenvalue weighted by Crippen LogP contribution is 2.31. The molecule has 176 valence electrons. The molecule has 0 spiro atoms. The Bertz CT molecular complexity index is 1210. The van der Waals surface area contributed by atoms with Gasteiger partial charge >= 0.3 is 0 Å². The van der Waals surface area contributed by atoms with Gasteiger partial charge in [0.2, 0.25) is 5.91 Å². The maximum absolute atomic E-state index is 12.9. The highest BCUT2D eigenvalue weighted by Gasteiger charge is 2.37. The number of hydrazone groups is 1. The van der Waals surface area contributed by atoms with E-state index in [-0.39, 0.29) is 36.0 Å². The number of hydrogen-bond donors (Lipinski definition) is 1. The fourth-order valence-corrected chi connectivity index (χ4v) is 5.67. The molecular formula is C21H25N5O6S. The first-order valence-electron chi connectivity index (χ1n) is 10.4. The first-order valence-corrected chi connectivity index (χ1v) is 12.3. The molecule has 2 aliphatic rings. The molecule has 1 fully saturated rings. The highest BCUT2D eigenvalue weighted by molar-refractivity contribution is 7.91. The zero-order valence-electron chi connectivity index (χ0n) is 18.4. The van der Waals surface area contributed by atoms with Crippen LogP contribution in [0.15, 0.2) is 35.6 Å². The van der Waals surface area contributed by atoms with E-state index in [1.807, 2.05) is 12.1 Å². The average Bonchev–Trinajstić information content (AvgIpc) is 3.39. The van der Waals surface area contributed by atoms with Gasteiger partial charge < -0.3 is 14.8 Å². The summed E-state index contributed by atoms with van der Waals surface area (Å²) >= 11 is 0. The Morgan fingerprint density at radius 3 is 2.73 bits per heavy atom. The number of nitrogens with one attached hydrogen (secondary N) is 1. The van der Waals surface area contributed by atoms with Gasteiger partial charge in [0.05, 0.1) is 44.5 Å². The number of ether oxygens (including phenoxy) is 2. The normalized spacial score (nSPS) is 19.8. The Morgan fingerprint density at radius 1 is 1.21 bits per heavy atom. The van der Waals surface area contributed by atoms with E-state index in [2.05, 4.69) is 15.5 Å². The summed E-state index contributed by atoms with van der Waals surface area (Å²) in [7, 11) is -0.0785. The summed E-state index contributed by atoms with van der Waals surface area (Å²) < 4.78 is 36.0. The Kier molecular flexibility index (Phi) is 6.36. The topological polar surface area (TPSA) is 132 Å². The lowest BCUT2D eigenvalue weighted by molar-refractivity contribution is -0.133. The Morgan fingerprint density at radius 2 is 2.03 bits per heavy atom. The van der Waals surface area contributed by atoms with E-state index in [9.17, 15) is 18.0 Å². The lowest BCUT2D eigenvalue weighted by Gasteiger charge is -2.27. The van der Waals surface area contributed by atoms with Gasteiger partial charge in [-0.25, -0.2) is 18.1 Å². The predicted molar refractivity (Wildman–Crippen MR) is 120 cm³/mol. The average molecular weight is 476 g/mol. The van der Waals surface area contributed by atoms with E-state index in [1.165, 1.54) is 5.01 Å². The van der Waals surface area contributed by atoms with Crippen molar-refractivity contribution in [3.05, 3.63) is 36.0 Å². The number of carbonyl (C=O) groups excluding carboxylic acids is 2. The van der Waals surface area contributed by atoms with Crippen LogP contribution in [0.25, 0.3) is 0 Å². The molecule has 33 heavy (non-hydrogen) atoms. The SMILES string of the molecule is COc1cccc(Cn2nccc2NC(=O)C2=NN(C3CCS(=O)(=O)C3)C(=O)CC2)c1OC. The largest absolute Gasteiger partial charge is 0.493 e. The monoisotopic (exact) mass is 475 g/mol. The molecule has 2 amide bonds. The van der Waals surface area contributed by atoms with Crippen molar-refractivity contribution in [1.29, 1.82) is 0 Å². The van der Waals surface area contributed by atoms with E-state index in [0.29, 0.717) is 30.3 Å². The number of aromatic nitrogens is 2. The first kappa shape index (κ1) is 22.8. The smallest absolute Gasteiger partial charge is 0.273 e. The molecule has 3 heterocycles. The summed E-state index contributed by atoms with van der Waals surface area (Å²) in [6, 6.07) is 6.62. The van der Waals surface area contributed by atoms with Crippen LogP contribution in [0.4, 0.5) is 5.82 Å². The Balaban J connectivity index is 1.51. The van der Waals surface area contributed by atoms with Gasteiger partial charge in [-0.3, -0.25) is 9.59 Å². The molecule has 0 aliphatic carbocycles. The summed E-state index contributed by atoms with van der Waals surface area (Å²) in [5.41, 5.74) is 0.982. The zero-order chi connectivity index (χ0) is 23.6. The second-order valence-corrected chi connectivity index (χ2v) is 10.1. The van der Waals surface area contributed by atoms with Crippen molar-refractivity contribution < 1.29 is 27.5 Å². The van der Waals surface area contributed by atoms with Crippen LogP contribution in [0, 0.1) is 0 Å². The maximum atomic E-state index is 12.9. The van der Waals surface area contributed by atoms with Crippen LogP contribution in [0.1, 0.15) is 24.8 Å². The van der Waals surface area contributed by atoms with Gasteiger partial charge in [-0.1, -0.05) is 12.1 Å². The molecule has 1 atom stereocenters. The van der Waals surface area contributed by atoms with Gasteiger partial charge in [0.25, 0.3) is 5.91 Å². The summed E-state index contributed by atoms with van der Waals surface area (Å²) in [4.78, 5) is 25.2. The van der Waals surface area contributed by atoms with Crippen molar-refractivity contribution in [2.24, 2.45) is 5.10 Å². The molecule has 1 saturated heterocycles. The van der Waals surface area contributed by atoms with Crippen molar-refractivity contribution in [2.45, 2.75) is 31.8 Å². The highest BCUT2D eigenvalue weighted by atomic mass is 32.2. The molecule has 0 saturated carbocycles. The molecule has 0 radical (unpaired) electrons.